The molecule has 140 valence electrons. The van der Waals surface area contributed by atoms with Crippen LogP contribution in [0.25, 0.3) is 5.57 Å². The monoisotopic (exact) mass is 433 g/mol. The summed E-state index contributed by atoms with van der Waals surface area (Å²) in [6.07, 6.45) is 0. The molecule has 1 heterocycles. The van der Waals surface area contributed by atoms with Crippen molar-refractivity contribution < 1.29 is 9.90 Å². The van der Waals surface area contributed by atoms with E-state index in [1.54, 1.807) is 4.90 Å². The van der Waals surface area contributed by atoms with E-state index in [-0.39, 0.29) is 11.7 Å². The van der Waals surface area contributed by atoms with Gasteiger partial charge in [-0.2, -0.15) is 0 Å². The summed E-state index contributed by atoms with van der Waals surface area (Å²) in [5.74, 6) is -0.584. The molecule has 1 atom stereocenters. The molecule has 0 fully saturated rings. The van der Waals surface area contributed by atoms with Gasteiger partial charge in [0.05, 0.1) is 6.04 Å². The van der Waals surface area contributed by atoms with Crippen molar-refractivity contribution in [2.24, 2.45) is 0 Å². The maximum absolute atomic E-state index is 13.1. The summed E-state index contributed by atoms with van der Waals surface area (Å²) in [4.78, 5) is 14.8. The van der Waals surface area contributed by atoms with Gasteiger partial charge in [0.1, 0.15) is 0 Å². The summed E-state index contributed by atoms with van der Waals surface area (Å²) < 4.78 is 0.927. The predicted octanol–water partition coefficient (Wildman–Crippen LogP) is 6.12. The smallest absolute Gasteiger partial charge is 0.294 e. The Morgan fingerprint density at radius 3 is 2.11 bits per heavy atom. The van der Waals surface area contributed by atoms with Crippen LogP contribution < -0.4 is 4.90 Å². The SMILES string of the molecule is Cc1ccc(C2=C(O)C(=O)N(c3ccc(C)cc3)C2c2cccc(Br)c2)cc1. The van der Waals surface area contributed by atoms with Gasteiger partial charge in [0.25, 0.3) is 5.91 Å². The first kappa shape index (κ1) is 18.5. The highest BCUT2D eigenvalue weighted by molar-refractivity contribution is 9.10. The second kappa shape index (κ2) is 7.28. The Kier molecular flexibility index (Phi) is 4.82. The zero-order valence-electron chi connectivity index (χ0n) is 15.7. The maximum Gasteiger partial charge on any atom is 0.294 e. The molecular formula is C24H20BrNO2. The molecule has 1 aliphatic rings. The molecule has 1 aliphatic heterocycles. The number of amides is 1. The van der Waals surface area contributed by atoms with Gasteiger partial charge < -0.3 is 5.11 Å². The van der Waals surface area contributed by atoms with Crippen LogP contribution in [0.3, 0.4) is 0 Å². The van der Waals surface area contributed by atoms with Gasteiger partial charge in [0.15, 0.2) is 5.76 Å². The molecule has 3 aromatic rings. The molecule has 0 spiro atoms. The molecule has 4 heteroatoms. The lowest BCUT2D eigenvalue weighted by Gasteiger charge is -2.27. The average Bonchev–Trinajstić information content (AvgIpc) is 2.95. The van der Waals surface area contributed by atoms with Gasteiger partial charge in [-0.05, 0) is 49.2 Å². The number of halogens is 1. The summed E-state index contributed by atoms with van der Waals surface area (Å²) in [5.41, 5.74) is 5.41. The number of carbonyl (C=O) groups is 1. The van der Waals surface area contributed by atoms with Crippen LogP contribution in [0.15, 0.2) is 83.0 Å². The number of carbonyl (C=O) groups excluding carboxylic acids is 1. The Balaban J connectivity index is 1.91. The van der Waals surface area contributed by atoms with E-state index in [0.29, 0.717) is 5.57 Å². The van der Waals surface area contributed by atoms with Crippen LogP contribution in [0.5, 0.6) is 0 Å². The standard InChI is InChI=1S/C24H20BrNO2/c1-15-6-10-17(11-7-15)21-22(18-4-3-5-19(25)14-18)26(24(28)23(21)27)20-12-8-16(2)9-13-20/h3-14,22,27H,1-2H3. The third-order valence-electron chi connectivity index (χ3n) is 5.05. The number of benzene rings is 3. The molecule has 1 N–H and O–H groups in total. The predicted molar refractivity (Wildman–Crippen MR) is 116 cm³/mol. The lowest BCUT2D eigenvalue weighted by atomic mass is 9.93. The van der Waals surface area contributed by atoms with E-state index in [2.05, 4.69) is 15.9 Å². The van der Waals surface area contributed by atoms with Crippen LogP contribution in [-0.4, -0.2) is 11.0 Å². The van der Waals surface area contributed by atoms with E-state index in [1.165, 1.54) is 0 Å². The largest absolute Gasteiger partial charge is 0.503 e. The molecular weight excluding hydrogens is 414 g/mol. The molecule has 0 aliphatic carbocycles. The summed E-state index contributed by atoms with van der Waals surface area (Å²) in [6.45, 7) is 4.02. The van der Waals surface area contributed by atoms with Crippen molar-refractivity contribution in [3.63, 3.8) is 0 Å². The molecule has 3 aromatic carbocycles. The zero-order chi connectivity index (χ0) is 19.8. The van der Waals surface area contributed by atoms with E-state index in [9.17, 15) is 9.90 Å². The molecule has 0 bridgehead atoms. The molecule has 0 aromatic heterocycles. The number of nitrogens with zero attached hydrogens (tertiary/aromatic N) is 1. The number of hydrogen-bond donors (Lipinski definition) is 1. The van der Waals surface area contributed by atoms with Gasteiger partial charge in [0.2, 0.25) is 0 Å². The van der Waals surface area contributed by atoms with Crippen LogP contribution in [0, 0.1) is 13.8 Å². The normalized spacial score (nSPS) is 16.8. The van der Waals surface area contributed by atoms with Gasteiger partial charge >= 0.3 is 0 Å². The van der Waals surface area contributed by atoms with Crippen LogP contribution >= 0.6 is 15.9 Å². The third-order valence-corrected chi connectivity index (χ3v) is 5.54. The third kappa shape index (κ3) is 3.25. The van der Waals surface area contributed by atoms with Crippen molar-refractivity contribution in [2.45, 2.75) is 19.9 Å². The first-order chi connectivity index (χ1) is 13.5. The van der Waals surface area contributed by atoms with Gasteiger partial charge in [-0.3, -0.25) is 9.69 Å². The van der Waals surface area contributed by atoms with Crippen molar-refractivity contribution in [1.82, 2.24) is 0 Å². The Morgan fingerprint density at radius 2 is 1.50 bits per heavy atom. The van der Waals surface area contributed by atoms with Crippen molar-refractivity contribution in [3.05, 3.63) is 105 Å². The second-order valence-electron chi connectivity index (χ2n) is 7.10. The minimum absolute atomic E-state index is 0.200. The number of rotatable bonds is 3. The van der Waals surface area contributed by atoms with Crippen LogP contribution in [0.4, 0.5) is 5.69 Å². The second-order valence-corrected chi connectivity index (χ2v) is 8.01. The number of anilines is 1. The fourth-order valence-corrected chi connectivity index (χ4v) is 4.01. The molecule has 0 saturated heterocycles. The highest BCUT2D eigenvalue weighted by Crippen LogP contribution is 2.45. The number of aliphatic hydroxyl groups excluding tert-OH is 1. The van der Waals surface area contributed by atoms with Crippen LogP contribution in [0.2, 0.25) is 0 Å². The molecule has 1 amide bonds. The van der Waals surface area contributed by atoms with Gasteiger partial charge in [-0.15, -0.1) is 0 Å². The fraction of sp³-hybridized carbons (Fsp3) is 0.125. The Bertz CT molecular complexity index is 1070. The minimum Gasteiger partial charge on any atom is -0.503 e. The van der Waals surface area contributed by atoms with Crippen molar-refractivity contribution in [1.29, 1.82) is 0 Å². The molecule has 0 radical (unpaired) electrons. The number of hydrogen-bond acceptors (Lipinski definition) is 2. The zero-order valence-corrected chi connectivity index (χ0v) is 17.3. The Labute approximate surface area is 173 Å². The quantitative estimate of drug-likeness (QED) is 0.539. The summed E-state index contributed by atoms with van der Waals surface area (Å²) in [5, 5.41) is 10.8. The van der Waals surface area contributed by atoms with E-state index in [1.807, 2.05) is 86.6 Å². The van der Waals surface area contributed by atoms with Gasteiger partial charge in [-0.1, -0.05) is 75.6 Å². The van der Waals surface area contributed by atoms with Crippen LogP contribution in [-0.2, 0) is 4.79 Å². The summed E-state index contributed by atoms with van der Waals surface area (Å²) in [6, 6.07) is 23.1. The lowest BCUT2D eigenvalue weighted by molar-refractivity contribution is -0.117. The topological polar surface area (TPSA) is 40.5 Å². The van der Waals surface area contributed by atoms with Gasteiger partial charge in [0, 0.05) is 15.7 Å². The van der Waals surface area contributed by atoms with Crippen molar-refractivity contribution >= 4 is 33.1 Å². The van der Waals surface area contributed by atoms with Gasteiger partial charge in [-0.25, -0.2) is 0 Å². The summed E-state index contributed by atoms with van der Waals surface area (Å²) >= 11 is 3.53. The number of aliphatic hydroxyl groups is 1. The van der Waals surface area contributed by atoms with Crippen molar-refractivity contribution in [3.8, 4) is 0 Å². The Hall–Kier alpha value is -2.85. The minimum atomic E-state index is -0.407. The fourth-order valence-electron chi connectivity index (χ4n) is 3.60. The van der Waals surface area contributed by atoms with Crippen LogP contribution in [0.1, 0.15) is 28.3 Å². The Morgan fingerprint density at radius 1 is 0.893 bits per heavy atom. The van der Waals surface area contributed by atoms with Crippen molar-refractivity contribution in [2.75, 3.05) is 4.90 Å². The molecule has 28 heavy (non-hydrogen) atoms. The highest BCUT2D eigenvalue weighted by Gasteiger charge is 2.41. The average molecular weight is 434 g/mol. The van der Waals surface area contributed by atoms with E-state index in [0.717, 1.165) is 32.4 Å². The first-order valence-corrected chi connectivity index (χ1v) is 9.91. The molecule has 0 saturated carbocycles. The highest BCUT2D eigenvalue weighted by atomic mass is 79.9. The maximum atomic E-state index is 13.1. The molecule has 3 nitrogen and oxygen atoms in total. The number of aryl methyl sites for hydroxylation is 2. The van der Waals surface area contributed by atoms with E-state index < -0.39 is 6.04 Å². The lowest BCUT2D eigenvalue weighted by Crippen LogP contribution is -2.30. The summed E-state index contributed by atoms with van der Waals surface area (Å²) in [7, 11) is 0. The van der Waals surface area contributed by atoms with E-state index in [4.69, 9.17) is 0 Å². The first-order valence-electron chi connectivity index (χ1n) is 9.11. The molecule has 4 rings (SSSR count). The van der Waals surface area contributed by atoms with E-state index >= 15 is 0 Å². The molecule has 1 unspecified atom stereocenters.